The SMILES string of the molecule is CCNC(=NCc1ccc(N2CCN(CC)CC2)nc1)N(C)Cc1cccc(F)c1.I. The van der Waals surface area contributed by atoms with Gasteiger partial charge < -0.3 is 20.0 Å². The monoisotopic (exact) mass is 540 g/mol. The maximum atomic E-state index is 13.5. The average Bonchev–Trinajstić information content (AvgIpc) is 2.77. The van der Waals surface area contributed by atoms with Crippen molar-refractivity contribution in [3.63, 3.8) is 0 Å². The second-order valence-corrected chi connectivity index (χ2v) is 7.60. The van der Waals surface area contributed by atoms with Crippen molar-refractivity contribution in [2.75, 3.05) is 51.2 Å². The number of hydrogen-bond donors (Lipinski definition) is 1. The molecule has 0 saturated carbocycles. The number of piperazine rings is 1. The number of hydrogen-bond acceptors (Lipinski definition) is 4. The molecule has 2 aromatic rings. The summed E-state index contributed by atoms with van der Waals surface area (Å²) in [5, 5.41) is 3.31. The number of guanidine groups is 1. The van der Waals surface area contributed by atoms with E-state index in [9.17, 15) is 4.39 Å². The highest BCUT2D eigenvalue weighted by atomic mass is 127. The number of anilines is 1. The zero-order chi connectivity index (χ0) is 21.3. The van der Waals surface area contributed by atoms with Crippen LogP contribution in [0.25, 0.3) is 0 Å². The summed E-state index contributed by atoms with van der Waals surface area (Å²) in [6, 6.07) is 10.9. The molecule has 1 fully saturated rings. The molecule has 3 rings (SSSR count). The normalized spacial score (nSPS) is 14.8. The summed E-state index contributed by atoms with van der Waals surface area (Å²) in [5.41, 5.74) is 1.98. The summed E-state index contributed by atoms with van der Waals surface area (Å²) in [4.78, 5) is 16.2. The van der Waals surface area contributed by atoms with Gasteiger partial charge in [0, 0.05) is 52.5 Å². The van der Waals surface area contributed by atoms with Gasteiger partial charge in [0.1, 0.15) is 11.6 Å². The lowest BCUT2D eigenvalue weighted by Crippen LogP contribution is -2.46. The lowest BCUT2D eigenvalue weighted by Gasteiger charge is -2.34. The molecule has 0 bridgehead atoms. The lowest BCUT2D eigenvalue weighted by molar-refractivity contribution is 0.270. The third-order valence-corrected chi connectivity index (χ3v) is 5.37. The van der Waals surface area contributed by atoms with Gasteiger partial charge in [0.2, 0.25) is 0 Å². The molecule has 0 atom stereocenters. The molecule has 1 aliphatic heterocycles. The van der Waals surface area contributed by atoms with Crippen LogP contribution in [0.1, 0.15) is 25.0 Å². The largest absolute Gasteiger partial charge is 0.357 e. The molecule has 1 saturated heterocycles. The van der Waals surface area contributed by atoms with Crippen LogP contribution >= 0.6 is 24.0 Å². The van der Waals surface area contributed by atoms with Gasteiger partial charge in [-0.05, 0) is 42.8 Å². The van der Waals surface area contributed by atoms with E-state index in [0.717, 1.165) is 62.2 Å². The Morgan fingerprint density at radius 2 is 1.90 bits per heavy atom. The van der Waals surface area contributed by atoms with Crippen LogP contribution in [0.2, 0.25) is 0 Å². The summed E-state index contributed by atoms with van der Waals surface area (Å²) in [6.45, 7) is 11.5. The Kier molecular flexibility index (Phi) is 10.5. The summed E-state index contributed by atoms with van der Waals surface area (Å²) < 4.78 is 13.5. The Morgan fingerprint density at radius 3 is 2.52 bits per heavy atom. The van der Waals surface area contributed by atoms with E-state index < -0.39 is 0 Å². The van der Waals surface area contributed by atoms with Gasteiger partial charge >= 0.3 is 0 Å². The molecule has 1 aromatic carbocycles. The minimum absolute atomic E-state index is 0. The van der Waals surface area contributed by atoms with Crippen LogP contribution in [0.3, 0.4) is 0 Å². The number of nitrogens with zero attached hydrogens (tertiary/aromatic N) is 5. The van der Waals surface area contributed by atoms with Crippen molar-refractivity contribution in [3.05, 3.63) is 59.5 Å². The molecular weight excluding hydrogens is 506 g/mol. The average molecular weight is 540 g/mol. The Morgan fingerprint density at radius 1 is 1.13 bits per heavy atom. The summed E-state index contributed by atoms with van der Waals surface area (Å²) in [6.07, 6.45) is 1.92. The van der Waals surface area contributed by atoms with E-state index in [-0.39, 0.29) is 29.8 Å². The molecule has 2 heterocycles. The number of pyridine rings is 1. The van der Waals surface area contributed by atoms with E-state index in [4.69, 9.17) is 4.99 Å². The highest BCUT2D eigenvalue weighted by molar-refractivity contribution is 14.0. The third-order valence-electron chi connectivity index (χ3n) is 5.37. The molecule has 0 aliphatic carbocycles. The molecule has 0 unspecified atom stereocenters. The van der Waals surface area contributed by atoms with Crippen molar-refractivity contribution < 1.29 is 4.39 Å². The van der Waals surface area contributed by atoms with Crippen molar-refractivity contribution in [2.45, 2.75) is 26.9 Å². The molecule has 0 amide bonds. The molecule has 1 aromatic heterocycles. The lowest BCUT2D eigenvalue weighted by atomic mass is 10.2. The number of rotatable bonds is 7. The standard InChI is InChI=1S/C23H33FN6.HI/c1-4-25-23(28(3)18-19-7-6-8-21(24)15-19)27-17-20-9-10-22(26-16-20)30-13-11-29(5-2)12-14-30;/h6-10,15-16H,4-5,11-14,17-18H2,1-3H3,(H,25,27);1H. The maximum Gasteiger partial charge on any atom is 0.194 e. The Hall–Kier alpha value is -1.94. The van der Waals surface area contributed by atoms with E-state index >= 15 is 0 Å². The van der Waals surface area contributed by atoms with Crippen molar-refractivity contribution in [3.8, 4) is 0 Å². The highest BCUT2D eigenvalue weighted by Crippen LogP contribution is 2.15. The molecule has 1 aliphatic rings. The van der Waals surface area contributed by atoms with Crippen LogP contribution in [0.5, 0.6) is 0 Å². The van der Waals surface area contributed by atoms with Gasteiger partial charge in [0.15, 0.2) is 5.96 Å². The first-order valence-corrected chi connectivity index (χ1v) is 10.7. The summed E-state index contributed by atoms with van der Waals surface area (Å²) >= 11 is 0. The van der Waals surface area contributed by atoms with Crippen LogP contribution in [-0.2, 0) is 13.1 Å². The second-order valence-electron chi connectivity index (χ2n) is 7.60. The predicted octanol–water partition coefficient (Wildman–Crippen LogP) is 3.58. The number of halogens is 2. The van der Waals surface area contributed by atoms with Crippen molar-refractivity contribution in [1.29, 1.82) is 0 Å². The van der Waals surface area contributed by atoms with Gasteiger partial charge in [-0.2, -0.15) is 0 Å². The Balaban J connectivity index is 0.00000341. The van der Waals surface area contributed by atoms with Crippen LogP contribution in [0, 0.1) is 5.82 Å². The topological polar surface area (TPSA) is 47.0 Å². The number of benzene rings is 1. The summed E-state index contributed by atoms with van der Waals surface area (Å²) in [5.74, 6) is 1.61. The number of nitrogens with one attached hydrogen (secondary N) is 1. The van der Waals surface area contributed by atoms with Crippen LogP contribution < -0.4 is 10.2 Å². The molecule has 1 N–H and O–H groups in total. The van der Waals surface area contributed by atoms with Gasteiger partial charge in [-0.1, -0.05) is 25.1 Å². The van der Waals surface area contributed by atoms with Gasteiger partial charge in [0.25, 0.3) is 0 Å². The van der Waals surface area contributed by atoms with Crippen molar-refractivity contribution in [1.82, 2.24) is 20.1 Å². The fraction of sp³-hybridized carbons (Fsp3) is 0.478. The van der Waals surface area contributed by atoms with Crippen molar-refractivity contribution >= 4 is 35.8 Å². The molecule has 31 heavy (non-hydrogen) atoms. The highest BCUT2D eigenvalue weighted by Gasteiger charge is 2.16. The van der Waals surface area contributed by atoms with Crippen LogP contribution in [0.15, 0.2) is 47.6 Å². The van der Waals surface area contributed by atoms with E-state index in [1.807, 2.05) is 31.1 Å². The van der Waals surface area contributed by atoms with E-state index in [2.05, 4.69) is 39.2 Å². The predicted molar refractivity (Wildman–Crippen MR) is 137 cm³/mol. The first-order valence-electron chi connectivity index (χ1n) is 10.7. The second kappa shape index (κ2) is 12.8. The van der Waals surface area contributed by atoms with E-state index in [1.54, 1.807) is 12.1 Å². The zero-order valence-electron chi connectivity index (χ0n) is 18.7. The molecular formula is C23H34FIN6. The fourth-order valence-electron chi connectivity index (χ4n) is 3.61. The van der Waals surface area contributed by atoms with Crippen LogP contribution in [0.4, 0.5) is 10.2 Å². The van der Waals surface area contributed by atoms with Gasteiger partial charge in [0.05, 0.1) is 6.54 Å². The number of aromatic nitrogens is 1. The first-order chi connectivity index (χ1) is 14.6. The van der Waals surface area contributed by atoms with Gasteiger partial charge in [-0.25, -0.2) is 14.4 Å². The molecule has 170 valence electrons. The third kappa shape index (κ3) is 7.60. The molecule has 6 nitrogen and oxygen atoms in total. The van der Waals surface area contributed by atoms with Gasteiger partial charge in [-0.15, -0.1) is 24.0 Å². The molecule has 8 heteroatoms. The van der Waals surface area contributed by atoms with E-state index in [1.165, 1.54) is 6.07 Å². The minimum Gasteiger partial charge on any atom is -0.357 e. The molecule has 0 radical (unpaired) electrons. The smallest absolute Gasteiger partial charge is 0.194 e. The minimum atomic E-state index is -0.217. The van der Waals surface area contributed by atoms with E-state index in [0.29, 0.717) is 13.1 Å². The maximum absolute atomic E-state index is 13.5. The first kappa shape index (κ1) is 25.3. The number of aliphatic imine (C=N–C) groups is 1. The fourth-order valence-corrected chi connectivity index (χ4v) is 3.61. The Bertz CT molecular complexity index is 821. The zero-order valence-corrected chi connectivity index (χ0v) is 21.1. The Labute approximate surface area is 202 Å². The van der Waals surface area contributed by atoms with Crippen molar-refractivity contribution in [2.24, 2.45) is 4.99 Å². The van der Waals surface area contributed by atoms with Crippen LogP contribution in [-0.4, -0.2) is 67.1 Å². The number of likely N-dealkylation sites (N-methyl/N-ethyl adjacent to an activating group) is 1. The molecule has 0 spiro atoms. The summed E-state index contributed by atoms with van der Waals surface area (Å²) in [7, 11) is 1.96. The van der Waals surface area contributed by atoms with Gasteiger partial charge in [-0.3, -0.25) is 0 Å². The quantitative estimate of drug-likeness (QED) is 0.331.